The van der Waals surface area contributed by atoms with Gasteiger partial charge >= 0.3 is 6.18 Å². The van der Waals surface area contributed by atoms with Gasteiger partial charge in [-0.3, -0.25) is 19.6 Å². The molecule has 1 saturated heterocycles. The summed E-state index contributed by atoms with van der Waals surface area (Å²) in [7, 11) is 0. The maximum atomic E-state index is 13.2. The van der Waals surface area contributed by atoms with Gasteiger partial charge in [-0.2, -0.15) is 13.2 Å². The Balaban J connectivity index is 1.45. The van der Waals surface area contributed by atoms with E-state index in [9.17, 15) is 23.1 Å². The molecule has 1 aromatic heterocycles. The lowest BCUT2D eigenvalue weighted by atomic mass is 9.93. The van der Waals surface area contributed by atoms with Gasteiger partial charge in [-0.25, -0.2) is 0 Å². The zero-order valence-electron chi connectivity index (χ0n) is 22.4. The second kappa shape index (κ2) is 11.9. The largest absolute Gasteiger partial charge is 0.421 e. The molecule has 39 heavy (non-hydrogen) atoms. The van der Waals surface area contributed by atoms with Crippen molar-refractivity contribution in [2.75, 3.05) is 19.6 Å². The fourth-order valence-corrected chi connectivity index (χ4v) is 4.77. The van der Waals surface area contributed by atoms with Crippen LogP contribution < -0.4 is 5.32 Å². The molecule has 2 aromatic carbocycles. The smallest absolute Gasteiger partial charge is 0.376 e. The second-order valence-electron chi connectivity index (χ2n) is 10.6. The molecule has 2 N–H and O–H groups in total. The SMILES string of the molecule is CC(C)NC(=O)[C@@H]1CN(Cc2ccncc2)CCN1Cc1ccc(-c2ccc(C(C)(O)C(F)(F)F)cc2)cc1. The Morgan fingerprint density at radius 1 is 0.949 bits per heavy atom. The summed E-state index contributed by atoms with van der Waals surface area (Å²) in [6, 6.07) is 17.3. The number of hydrogen-bond acceptors (Lipinski definition) is 5. The second-order valence-corrected chi connectivity index (χ2v) is 10.6. The van der Waals surface area contributed by atoms with E-state index in [0.29, 0.717) is 13.1 Å². The Bertz CT molecular complexity index is 1230. The van der Waals surface area contributed by atoms with Crippen LogP contribution in [0.2, 0.25) is 0 Å². The van der Waals surface area contributed by atoms with Gasteiger partial charge in [0.25, 0.3) is 0 Å². The number of aromatic nitrogens is 1. The van der Waals surface area contributed by atoms with Crippen molar-refractivity contribution in [3.05, 3.63) is 89.7 Å². The van der Waals surface area contributed by atoms with E-state index in [2.05, 4.69) is 20.1 Å². The van der Waals surface area contributed by atoms with E-state index in [1.165, 1.54) is 12.1 Å². The van der Waals surface area contributed by atoms with Crippen molar-refractivity contribution in [1.82, 2.24) is 20.1 Å². The zero-order valence-corrected chi connectivity index (χ0v) is 22.4. The monoisotopic (exact) mass is 540 g/mol. The minimum Gasteiger partial charge on any atom is -0.376 e. The Morgan fingerprint density at radius 3 is 2.08 bits per heavy atom. The Hall–Kier alpha value is -3.27. The third-order valence-corrected chi connectivity index (χ3v) is 7.14. The van der Waals surface area contributed by atoms with Crippen LogP contribution in [0.25, 0.3) is 11.1 Å². The summed E-state index contributed by atoms with van der Waals surface area (Å²) in [5.41, 5.74) is 0.697. The van der Waals surface area contributed by atoms with Crippen LogP contribution in [0.5, 0.6) is 0 Å². The number of benzene rings is 2. The fraction of sp³-hybridized carbons (Fsp3) is 0.400. The van der Waals surface area contributed by atoms with Gasteiger partial charge < -0.3 is 10.4 Å². The van der Waals surface area contributed by atoms with Gasteiger partial charge in [-0.1, -0.05) is 48.5 Å². The van der Waals surface area contributed by atoms with Gasteiger partial charge in [0.05, 0.1) is 0 Å². The number of nitrogens with one attached hydrogen (secondary N) is 1. The van der Waals surface area contributed by atoms with Crippen LogP contribution in [-0.2, 0) is 23.5 Å². The molecule has 0 radical (unpaired) electrons. The summed E-state index contributed by atoms with van der Waals surface area (Å²) >= 11 is 0. The molecular weight excluding hydrogens is 505 g/mol. The molecule has 1 unspecified atom stereocenters. The summed E-state index contributed by atoms with van der Waals surface area (Å²) in [6.07, 6.45) is -1.21. The molecular formula is C30H35F3N4O2. The van der Waals surface area contributed by atoms with E-state index in [0.717, 1.165) is 48.8 Å². The lowest BCUT2D eigenvalue weighted by Crippen LogP contribution is -2.59. The first kappa shape index (κ1) is 28.7. The maximum absolute atomic E-state index is 13.2. The topological polar surface area (TPSA) is 68.7 Å². The highest BCUT2D eigenvalue weighted by atomic mass is 19.4. The van der Waals surface area contributed by atoms with E-state index in [1.54, 1.807) is 24.5 Å². The highest BCUT2D eigenvalue weighted by molar-refractivity contribution is 5.82. The number of piperazine rings is 1. The first-order chi connectivity index (χ1) is 18.4. The van der Waals surface area contributed by atoms with Crippen LogP contribution >= 0.6 is 0 Å². The quantitative estimate of drug-likeness (QED) is 0.433. The lowest BCUT2D eigenvalue weighted by molar-refractivity contribution is -0.258. The average molecular weight is 541 g/mol. The molecule has 3 aromatic rings. The third kappa shape index (κ3) is 7.03. The van der Waals surface area contributed by atoms with Crippen molar-refractivity contribution in [2.24, 2.45) is 0 Å². The molecule has 1 aliphatic heterocycles. The zero-order chi connectivity index (χ0) is 28.2. The van der Waals surface area contributed by atoms with Gasteiger partial charge in [0, 0.05) is 51.2 Å². The van der Waals surface area contributed by atoms with E-state index >= 15 is 0 Å². The molecule has 4 rings (SSSR count). The van der Waals surface area contributed by atoms with Crippen LogP contribution in [0.4, 0.5) is 13.2 Å². The molecule has 208 valence electrons. The van der Waals surface area contributed by atoms with Gasteiger partial charge in [0.15, 0.2) is 5.60 Å². The summed E-state index contributed by atoms with van der Waals surface area (Å²) in [6.45, 7) is 8.21. The molecule has 0 bridgehead atoms. The molecule has 0 aliphatic carbocycles. The van der Waals surface area contributed by atoms with E-state index in [1.807, 2.05) is 50.2 Å². The molecule has 0 spiro atoms. The molecule has 1 amide bonds. The molecule has 6 nitrogen and oxygen atoms in total. The molecule has 1 fully saturated rings. The van der Waals surface area contributed by atoms with Crippen molar-refractivity contribution in [3.8, 4) is 11.1 Å². The number of nitrogens with zero attached hydrogens (tertiary/aromatic N) is 3. The van der Waals surface area contributed by atoms with Gasteiger partial charge in [-0.15, -0.1) is 0 Å². The van der Waals surface area contributed by atoms with Gasteiger partial charge in [-0.05, 0) is 60.7 Å². The number of pyridine rings is 1. The predicted molar refractivity (Wildman–Crippen MR) is 144 cm³/mol. The molecule has 2 atom stereocenters. The maximum Gasteiger partial charge on any atom is 0.421 e. The Labute approximate surface area is 227 Å². The molecule has 9 heteroatoms. The average Bonchev–Trinajstić information content (AvgIpc) is 2.89. The normalized spacial score (nSPS) is 18.6. The Morgan fingerprint density at radius 2 is 1.51 bits per heavy atom. The number of carbonyl (C=O) groups excluding carboxylic acids is 1. The third-order valence-electron chi connectivity index (χ3n) is 7.14. The summed E-state index contributed by atoms with van der Waals surface area (Å²) in [5, 5.41) is 13.0. The van der Waals surface area contributed by atoms with Gasteiger partial charge in [0.1, 0.15) is 6.04 Å². The minimum absolute atomic E-state index is 0.0101. The van der Waals surface area contributed by atoms with Crippen molar-refractivity contribution in [1.29, 1.82) is 0 Å². The number of aliphatic hydroxyl groups is 1. The Kier molecular flexibility index (Phi) is 8.73. The number of carbonyl (C=O) groups is 1. The van der Waals surface area contributed by atoms with Crippen molar-refractivity contribution in [3.63, 3.8) is 0 Å². The highest BCUT2D eigenvalue weighted by Crippen LogP contribution is 2.39. The highest BCUT2D eigenvalue weighted by Gasteiger charge is 2.51. The van der Waals surface area contributed by atoms with E-state index in [4.69, 9.17) is 0 Å². The van der Waals surface area contributed by atoms with Crippen LogP contribution in [0.3, 0.4) is 0 Å². The van der Waals surface area contributed by atoms with E-state index < -0.39 is 11.8 Å². The van der Waals surface area contributed by atoms with Crippen molar-refractivity contribution in [2.45, 2.75) is 57.7 Å². The summed E-state index contributed by atoms with van der Waals surface area (Å²) in [5.74, 6) is 0.0101. The van der Waals surface area contributed by atoms with Crippen LogP contribution in [0.1, 0.15) is 37.5 Å². The predicted octanol–water partition coefficient (Wildman–Crippen LogP) is 4.73. The van der Waals surface area contributed by atoms with Crippen molar-refractivity contribution < 1.29 is 23.1 Å². The van der Waals surface area contributed by atoms with Crippen molar-refractivity contribution >= 4 is 5.91 Å². The number of hydrogen-bond donors (Lipinski definition) is 2. The summed E-state index contributed by atoms with van der Waals surface area (Å²) in [4.78, 5) is 21.7. The lowest BCUT2D eigenvalue weighted by Gasteiger charge is -2.41. The van der Waals surface area contributed by atoms with Crippen LogP contribution in [0.15, 0.2) is 73.1 Å². The number of rotatable bonds is 8. The summed E-state index contributed by atoms with van der Waals surface area (Å²) < 4.78 is 39.5. The first-order valence-electron chi connectivity index (χ1n) is 13.1. The molecule has 2 heterocycles. The molecule has 0 saturated carbocycles. The fourth-order valence-electron chi connectivity index (χ4n) is 4.77. The number of amides is 1. The number of alkyl halides is 3. The van der Waals surface area contributed by atoms with Gasteiger partial charge in [0.2, 0.25) is 5.91 Å². The number of halogens is 3. The minimum atomic E-state index is -4.76. The van der Waals surface area contributed by atoms with E-state index in [-0.39, 0.29) is 23.6 Å². The van der Waals surface area contributed by atoms with Crippen LogP contribution in [-0.4, -0.2) is 63.7 Å². The molecule has 1 aliphatic rings. The standard InChI is InChI=1S/C30H35F3N4O2/c1-21(2)35-28(38)27-20-36(18-23-12-14-34-15-13-23)16-17-37(27)19-22-4-6-24(7-5-22)25-8-10-26(11-9-25)29(3,39)30(31,32)33/h4-15,21,27,39H,16-20H2,1-3H3,(H,35,38)/t27-,29?/m0/s1. The first-order valence-corrected chi connectivity index (χ1v) is 13.1. The van der Waals surface area contributed by atoms with Crippen LogP contribution in [0, 0.1) is 0 Å².